The highest BCUT2D eigenvalue weighted by molar-refractivity contribution is 7.89. The standard InChI is InChI=1S/C23H32N2O3S/c1-2-17-25(21-9-5-6-10-21)23(26)16-13-20-11-14-22(15-12-20)29(27,28)24-18-7-3-4-8-19-24/h2,11-16,21H,1,3-10,17-19H2/b16-13-. The Balaban J connectivity index is 1.67. The predicted octanol–water partition coefficient (Wildman–Crippen LogP) is 4.22. The van der Waals surface area contributed by atoms with Crippen molar-refractivity contribution in [2.24, 2.45) is 0 Å². The van der Waals surface area contributed by atoms with Crippen LogP contribution in [0.4, 0.5) is 0 Å². The second-order valence-corrected chi connectivity index (χ2v) is 9.88. The average molecular weight is 417 g/mol. The zero-order valence-electron chi connectivity index (χ0n) is 17.1. The van der Waals surface area contributed by atoms with Gasteiger partial charge in [0.05, 0.1) is 4.90 Å². The van der Waals surface area contributed by atoms with E-state index in [0.717, 1.165) is 44.1 Å². The molecule has 1 aromatic rings. The number of hydrogen-bond donors (Lipinski definition) is 0. The zero-order chi connectivity index (χ0) is 20.7. The normalized spacial score (nSPS) is 19.3. The van der Waals surface area contributed by atoms with Crippen LogP contribution in [0.5, 0.6) is 0 Å². The molecule has 0 atom stereocenters. The molecule has 1 aliphatic heterocycles. The van der Waals surface area contributed by atoms with Crippen molar-refractivity contribution in [2.45, 2.75) is 62.3 Å². The smallest absolute Gasteiger partial charge is 0.247 e. The number of carbonyl (C=O) groups is 1. The third-order valence-corrected chi connectivity index (χ3v) is 7.79. The third-order valence-electron chi connectivity index (χ3n) is 5.88. The molecule has 6 heteroatoms. The lowest BCUT2D eigenvalue weighted by atomic mass is 10.2. The number of hydrogen-bond acceptors (Lipinski definition) is 3. The van der Waals surface area contributed by atoms with Crippen molar-refractivity contribution in [1.82, 2.24) is 9.21 Å². The Morgan fingerprint density at radius 2 is 1.66 bits per heavy atom. The van der Waals surface area contributed by atoms with Crippen LogP contribution in [0.3, 0.4) is 0 Å². The Kier molecular flexibility index (Phi) is 7.67. The second-order valence-electron chi connectivity index (χ2n) is 7.94. The monoisotopic (exact) mass is 416 g/mol. The van der Waals surface area contributed by atoms with Gasteiger partial charge in [0.1, 0.15) is 0 Å². The molecule has 0 radical (unpaired) electrons. The van der Waals surface area contributed by atoms with Gasteiger partial charge in [0.2, 0.25) is 15.9 Å². The van der Waals surface area contributed by atoms with E-state index < -0.39 is 10.0 Å². The Bertz CT molecular complexity index is 816. The Morgan fingerprint density at radius 1 is 1.03 bits per heavy atom. The summed E-state index contributed by atoms with van der Waals surface area (Å²) >= 11 is 0. The van der Waals surface area contributed by atoms with Gasteiger partial charge in [-0.25, -0.2) is 8.42 Å². The van der Waals surface area contributed by atoms with Crippen molar-refractivity contribution in [1.29, 1.82) is 0 Å². The molecule has 29 heavy (non-hydrogen) atoms. The second kappa shape index (κ2) is 10.2. The van der Waals surface area contributed by atoms with Crippen LogP contribution in [0.2, 0.25) is 0 Å². The minimum absolute atomic E-state index is 0.0157. The molecule has 5 nitrogen and oxygen atoms in total. The quantitative estimate of drug-likeness (QED) is 0.494. The van der Waals surface area contributed by atoms with E-state index in [2.05, 4.69) is 6.58 Å². The molecule has 1 saturated carbocycles. The Labute approximate surface area is 175 Å². The first kappa shape index (κ1) is 21.8. The van der Waals surface area contributed by atoms with Crippen molar-refractivity contribution < 1.29 is 13.2 Å². The van der Waals surface area contributed by atoms with Crippen LogP contribution in [0, 0.1) is 0 Å². The van der Waals surface area contributed by atoms with Crippen LogP contribution in [0.15, 0.2) is 47.9 Å². The molecule has 0 aromatic heterocycles. The molecule has 3 rings (SSSR count). The molecule has 2 fully saturated rings. The summed E-state index contributed by atoms with van der Waals surface area (Å²) < 4.78 is 27.3. The first-order valence-corrected chi connectivity index (χ1v) is 12.2. The molecule has 0 N–H and O–H groups in total. The van der Waals surface area contributed by atoms with Gasteiger partial charge in [-0.2, -0.15) is 4.31 Å². The van der Waals surface area contributed by atoms with Crippen LogP contribution >= 0.6 is 0 Å². The van der Waals surface area contributed by atoms with E-state index in [1.807, 2.05) is 4.90 Å². The van der Waals surface area contributed by atoms with Crippen LogP contribution in [0.25, 0.3) is 6.08 Å². The van der Waals surface area contributed by atoms with Gasteiger partial charge < -0.3 is 4.90 Å². The fourth-order valence-electron chi connectivity index (χ4n) is 4.22. The summed E-state index contributed by atoms with van der Waals surface area (Å²) in [6.07, 6.45) is 13.6. The average Bonchev–Trinajstić information content (AvgIpc) is 3.11. The van der Waals surface area contributed by atoms with Crippen LogP contribution in [0.1, 0.15) is 56.9 Å². The van der Waals surface area contributed by atoms with E-state index in [1.54, 1.807) is 46.8 Å². The summed E-state index contributed by atoms with van der Waals surface area (Å²) in [5, 5.41) is 0. The minimum atomic E-state index is -3.44. The number of sulfonamides is 1. The van der Waals surface area contributed by atoms with Gasteiger partial charge >= 0.3 is 0 Å². The highest BCUT2D eigenvalue weighted by atomic mass is 32.2. The molecule has 1 amide bonds. The number of rotatable bonds is 7. The molecule has 0 bridgehead atoms. The fourth-order valence-corrected chi connectivity index (χ4v) is 5.74. The highest BCUT2D eigenvalue weighted by Crippen LogP contribution is 2.24. The van der Waals surface area contributed by atoms with E-state index in [1.165, 1.54) is 12.8 Å². The van der Waals surface area contributed by atoms with Crippen LogP contribution < -0.4 is 0 Å². The lowest BCUT2D eigenvalue weighted by Gasteiger charge is -2.26. The van der Waals surface area contributed by atoms with Gasteiger partial charge in [0, 0.05) is 31.8 Å². The number of nitrogens with zero attached hydrogens (tertiary/aromatic N) is 2. The number of carbonyl (C=O) groups excluding carboxylic acids is 1. The molecule has 1 aliphatic carbocycles. The van der Waals surface area contributed by atoms with E-state index in [9.17, 15) is 13.2 Å². The highest BCUT2D eigenvalue weighted by Gasteiger charge is 2.25. The maximum atomic E-state index is 12.9. The molecular formula is C23H32N2O3S. The summed E-state index contributed by atoms with van der Waals surface area (Å²) in [4.78, 5) is 14.9. The Hall–Kier alpha value is -1.92. The largest absolute Gasteiger partial charge is 0.332 e. The van der Waals surface area contributed by atoms with Gasteiger partial charge in [-0.05, 0) is 49.5 Å². The van der Waals surface area contributed by atoms with Crippen molar-refractivity contribution in [3.05, 3.63) is 48.6 Å². The van der Waals surface area contributed by atoms with Gasteiger partial charge in [-0.1, -0.05) is 43.9 Å². The third kappa shape index (κ3) is 5.58. The van der Waals surface area contributed by atoms with Crippen LogP contribution in [-0.4, -0.2) is 49.2 Å². The van der Waals surface area contributed by atoms with Crippen molar-refractivity contribution in [3.8, 4) is 0 Å². The molecule has 0 unspecified atom stereocenters. The molecule has 0 spiro atoms. The number of amides is 1. The molecule has 158 valence electrons. The number of benzene rings is 1. The summed E-state index contributed by atoms with van der Waals surface area (Å²) in [5.41, 5.74) is 0.818. The van der Waals surface area contributed by atoms with Crippen LogP contribution in [-0.2, 0) is 14.8 Å². The van der Waals surface area contributed by atoms with E-state index in [4.69, 9.17) is 0 Å². The molecule has 2 aliphatic rings. The topological polar surface area (TPSA) is 57.7 Å². The maximum absolute atomic E-state index is 12.9. The SMILES string of the molecule is C=CCN(C(=O)/C=C\c1ccc(S(=O)(=O)N2CCCCCC2)cc1)C1CCCC1. The zero-order valence-corrected chi connectivity index (χ0v) is 17.9. The predicted molar refractivity (Wildman–Crippen MR) is 117 cm³/mol. The van der Waals surface area contributed by atoms with Gasteiger partial charge in [0.25, 0.3) is 0 Å². The van der Waals surface area contributed by atoms with Gasteiger partial charge in [-0.3, -0.25) is 4.79 Å². The van der Waals surface area contributed by atoms with E-state index in [0.29, 0.717) is 30.6 Å². The molecule has 1 heterocycles. The fraction of sp³-hybridized carbons (Fsp3) is 0.522. The summed E-state index contributed by atoms with van der Waals surface area (Å²) in [7, 11) is -3.44. The first-order valence-electron chi connectivity index (χ1n) is 10.7. The molecule has 1 aromatic carbocycles. The van der Waals surface area contributed by atoms with Crippen molar-refractivity contribution in [2.75, 3.05) is 19.6 Å². The van der Waals surface area contributed by atoms with Gasteiger partial charge in [-0.15, -0.1) is 6.58 Å². The van der Waals surface area contributed by atoms with Gasteiger partial charge in [0.15, 0.2) is 0 Å². The molecular weight excluding hydrogens is 384 g/mol. The van der Waals surface area contributed by atoms with Crippen molar-refractivity contribution >= 4 is 22.0 Å². The lowest BCUT2D eigenvalue weighted by Crippen LogP contribution is -2.37. The van der Waals surface area contributed by atoms with Crippen molar-refractivity contribution in [3.63, 3.8) is 0 Å². The minimum Gasteiger partial charge on any atom is -0.332 e. The first-order chi connectivity index (χ1) is 14.0. The maximum Gasteiger partial charge on any atom is 0.247 e. The molecule has 1 saturated heterocycles. The van der Waals surface area contributed by atoms with E-state index >= 15 is 0 Å². The summed E-state index contributed by atoms with van der Waals surface area (Å²) in [5.74, 6) is -0.0157. The summed E-state index contributed by atoms with van der Waals surface area (Å²) in [6, 6.07) is 7.11. The Morgan fingerprint density at radius 3 is 2.24 bits per heavy atom. The van der Waals surface area contributed by atoms with E-state index in [-0.39, 0.29) is 5.91 Å². The lowest BCUT2D eigenvalue weighted by molar-refractivity contribution is -0.127. The summed E-state index contributed by atoms with van der Waals surface area (Å²) in [6.45, 7) is 5.52.